The summed E-state index contributed by atoms with van der Waals surface area (Å²) < 4.78 is 6.10. The summed E-state index contributed by atoms with van der Waals surface area (Å²) in [5.41, 5.74) is 7.76. The van der Waals surface area contributed by atoms with Gasteiger partial charge in [-0.05, 0) is 39.0 Å². The Labute approximate surface area is 157 Å². The Morgan fingerprint density at radius 1 is 0.852 bits per heavy atom. The molecule has 134 valence electrons. The molecule has 0 radical (unpaired) electrons. The van der Waals surface area contributed by atoms with E-state index in [1.54, 1.807) is 0 Å². The van der Waals surface area contributed by atoms with Gasteiger partial charge in [0.1, 0.15) is 11.3 Å². The summed E-state index contributed by atoms with van der Waals surface area (Å²) in [5.74, 6) is 1.24. The highest BCUT2D eigenvalue weighted by Crippen LogP contribution is 2.22. The third kappa shape index (κ3) is 3.72. The number of fused-ring (bicyclic) bond motifs is 1. The van der Waals surface area contributed by atoms with Crippen LogP contribution in [0, 0.1) is 20.8 Å². The second-order valence-corrected chi connectivity index (χ2v) is 6.56. The summed E-state index contributed by atoms with van der Waals surface area (Å²) in [4.78, 5) is 8.76. The number of hydrogen-bond acceptors (Lipinski definition) is 5. The van der Waals surface area contributed by atoms with E-state index in [1.165, 1.54) is 5.56 Å². The maximum absolute atomic E-state index is 6.10. The van der Waals surface area contributed by atoms with E-state index in [0.29, 0.717) is 5.95 Å². The van der Waals surface area contributed by atoms with Crippen molar-refractivity contribution < 1.29 is 4.42 Å². The number of nitrogens with one attached hydrogen (secondary N) is 1. The van der Waals surface area contributed by atoms with Crippen LogP contribution in [0.25, 0.3) is 22.3 Å². The fraction of sp³-hybridized carbons (Fsp3) is 0.136. The van der Waals surface area contributed by atoms with Gasteiger partial charge in [0.15, 0.2) is 0 Å². The number of aryl methyl sites for hydroxylation is 3. The molecule has 0 aliphatic heterocycles. The van der Waals surface area contributed by atoms with Crippen LogP contribution >= 0.6 is 0 Å². The summed E-state index contributed by atoms with van der Waals surface area (Å²) >= 11 is 0. The minimum absolute atomic E-state index is 0.481. The van der Waals surface area contributed by atoms with Crippen LogP contribution < -0.4 is 10.8 Å². The van der Waals surface area contributed by atoms with Gasteiger partial charge < -0.3 is 4.42 Å². The van der Waals surface area contributed by atoms with E-state index in [-0.39, 0.29) is 0 Å². The summed E-state index contributed by atoms with van der Waals surface area (Å²) in [6, 6.07) is 19.9. The van der Waals surface area contributed by atoms with Crippen LogP contribution in [0.2, 0.25) is 0 Å². The van der Waals surface area contributed by atoms with Crippen molar-refractivity contribution >= 4 is 16.9 Å². The van der Waals surface area contributed by atoms with Crippen LogP contribution in [-0.4, -0.2) is 9.97 Å². The maximum atomic E-state index is 6.10. The van der Waals surface area contributed by atoms with Crippen molar-refractivity contribution in [2.45, 2.75) is 20.8 Å². The maximum Gasteiger partial charge on any atom is 0.243 e. The van der Waals surface area contributed by atoms with Gasteiger partial charge in [-0.3, -0.25) is 0 Å². The number of aromatic nitrogens is 2. The van der Waals surface area contributed by atoms with Gasteiger partial charge in [0.25, 0.3) is 0 Å². The first kappa shape index (κ1) is 17.0. The molecule has 5 nitrogen and oxygen atoms in total. The van der Waals surface area contributed by atoms with Crippen LogP contribution in [0.4, 0.5) is 5.95 Å². The zero-order valence-electron chi connectivity index (χ0n) is 15.5. The Morgan fingerprint density at radius 2 is 1.56 bits per heavy atom. The topological polar surface area (TPSA) is 63.3 Å². The van der Waals surface area contributed by atoms with Gasteiger partial charge in [-0.2, -0.15) is 5.10 Å². The number of benzene rings is 2. The first-order valence-corrected chi connectivity index (χ1v) is 8.80. The van der Waals surface area contributed by atoms with E-state index < -0.39 is 0 Å². The molecule has 0 spiro atoms. The predicted molar refractivity (Wildman–Crippen MR) is 107 cm³/mol. The van der Waals surface area contributed by atoms with Crippen molar-refractivity contribution in [2.75, 3.05) is 5.43 Å². The molecule has 5 heteroatoms. The number of para-hydroxylation sites is 1. The van der Waals surface area contributed by atoms with Crippen LogP contribution in [0.3, 0.4) is 0 Å². The van der Waals surface area contributed by atoms with Gasteiger partial charge in [-0.25, -0.2) is 15.4 Å². The van der Waals surface area contributed by atoms with E-state index >= 15 is 0 Å². The van der Waals surface area contributed by atoms with Crippen molar-refractivity contribution in [3.63, 3.8) is 0 Å². The molecule has 4 rings (SSSR count). The minimum Gasteiger partial charge on any atom is -0.456 e. The molecule has 4 aromatic rings. The fourth-order valence-corrected chi connectivity index (χ4v) is 2.96. The standard InChI is InChI=1S/C22H20N4O/c1-14-8-10-17(11-9-14)21-13-19(18-6-4-5-7-20(18)27-21)25-26-22-23-15(2)12-16(3)24-22/h4-13H,1-3H3,(H,23,24,26). The molecule has 0 fully saturated rings. The molecule has 0 atom stereocenters. The van der Waals surface area contributed by atoms with Crippen LogP contribution in [0.15, 0.2) is 70.2 Å². The smallest absolute Gasteiger partial charge is 0.243 e. The molecule has 1 N–H and O–H groups in total. The molecule has 0 saturated heterocycles. The van der Waals surface area contributed by atoms with Gasteiger partial charge in [-0.15, -0.1) is 0 Å². The van der Waals surface area contributed by atoms with Gasteiger partial charge in [-0.1, -0.05) is 42.0 Å². The molecule has 2 aromatic heterocycles. The summed E-state index contributed by atoms with van der Waals surface area (Å²) in [5, 5.41) is 6.25. The highest BCUT2D eigenvalue weighted by molar-refractivity contribution is 5.78. The van der Waals surface area contributed by atoms with Gasteiger partial charge >= 0.3 is 0 Å². The second kappa shape index (κ2) is 7.03. The van der Waals surface area contributed by atoms with Gasteiger partial charge in [0, 0.05) is 28.4 Å². The fourth-order valence-electron chi connectivity index (χ4n) is 2.96. The molecule has 0 amide bonds. The van der Waals surface area contributed by atoms with Gasteiger partial charge in [0.05, 0.1) is 5.36 Å². The molecule has 0 unspecified atom stereocenters. The van der Waals surface area contributed by atoms with E-state index in [0.717, 1.165) is 39.0 Å². The number of nitrogens with zero attached hydrogens (tertiary/aromatic N) is 3. The average Bonchev–Trinajstić information content (AvgIpc) is 2.66. The SMILES string of the molecule is Cc1ccc(-c2cc(=NNc3nc(C)cc(C)n3)c3ccccc3o2)cc1. The zero-order chi connectivity index (χ0) is 18.8. The van der Waals surface area contributed by atoms with Crippen LogP contribution in [0.1, 0.15) is 17.0 Å². The Hall–Kier alpha value is -3.47. The predicted octanol–water partition coefficient (Wildman–Crippen LogP) is 4.74. The lowest BCUT2D eigenvalue weighted by Gasteiger charge is -2.06. The summed E-state index contributed by atoms with van der Waals surface area (Å²) in [7, 11) is 0. The van der Waals surface area contributed by atoms with E-state index in [2.05, 4.69) is 39.6 Å². The third-order valence-electron chi connectivity index (χ3n) is 4.25. The number of anilines is 1. The first-order valence-electron chi connectivity index (χ1n) is 8.80. The molecule has 0 bridgehead atoms. The van der Waals surface area contributed by atoms with Crippen molar-refractivity contribution in [1.82, 2.24) is 9.97 Å². The first-order chi connectivity index (χ1) is 13.1. The second-order valence-electron chi connectivity index (χ2n) is 6.56. The Morgan fingerprint density at radius 3 is 2.30 bits per heavy atom. The van der Waals surface area contributed by atoms with Crippen molar-refractivity contribution in [3.05, 3.63) is 83.0 Å². The minimum atomic E-state index is 0.481. The molecule has 2 aromatic carbocycles. The monoisotopic (exact) mass is 356 g/mol. The lowest BCUT2D eigenvalue weighted by Crippen LogP contribution is -2.09. The lowest BCUT2D eigenvalue weighted by atomic mass is 10.1. The Bertz CT molecular complexity index is 1160. The molecule has 2 heterocycles. The largest absolute Gasteiger partial charge is 0.456 e. The Balaban J connectivity index is 1.84. The van der Waals surface area contributed by atoms with E-state index in [9.17, 15) is 0 Å². The molecular weight excluding hydrogens is 336 g/mol. The highest BCUT2D eigenvalue weighted by Gasteiger charge is 2.06. The zero-order valence-corrected chi connectivity index (χ0v) is 15.5. The average molecular weight is 356 g/mol. The normalized spacial score (nSPS) is 11.7. The quantitative estimate of drug-likeness (QED) is 0.538. The lowest BCUT2D eigenvalue weighted by molar-refractivity contribution is 0.618. The van der Waals surface area contributed by atoms with Crippen molar-refractivity contribution in [2.24, 2.45) is 5.10 Å². The van der Waals surface area contributed by atoms with Crippen LogP contribution in [0.5, 0.6) is 0 Å². The van der Waals surface area contributed by atoms with Gasteiger partial charge in [0.2, 0.25) is 5.95 Å². The van der Waals surface area contributed by atoms with E-state index in [1.807, 2.05) is 62.4 Å². The summed E-state index contributed by atoms with van der Waals surface area (Å²) in [6.07, 6.45) is 0. The van der Waals surface area contributed by atoms with E-state index in [4.69, 9.17) is 4.42 Å². The highest BCUT2D eigenvalue weighted by atomic mass is 16.3. The third-order valence-corrected chi connectivity index (χ3v) is 4.25. The molecule has 0 aliphatic rings. The molecule has 0 saturated carbocycles. The Kier molecular flexibility index (Phi) is 4.42. The summed E-state index contributed by atoms with van der Waals surface area (Å²) in [6.45, 7) is 5.94. The molecule has 27 heavy (non-hydrogen) atoms. The molecular formula is C22H20N4O. The molecule has 0 aliphatic carbocycles. The number of rotatable bonds is 3. The van der Waals surface area contributed by atoms with Crippen molar-refractivity contribution in [3.8, 4) is 11.3 Å². The number of hydrogen-bond donors (Lipinski definition) is 1. The van der Waals surface area contributed by atoms with Crippen molar-refractivity contribution in [1.29, 1.82) is 0 Å². The van der Waals surface area contributed by atoms with Crippen LogP contribution in [-0.2, 0) is 0 Å².